The zero-order valence-corrected chi connectivity index (χ0v) is 11.4. The molecule has 17 heavy (non-hydrogen) atoms. The average Bonchev–Trinajstić information content (AvgIpc) is 2.65. The molecule has 0 spiro atoms. The van der Waals surface area contributed by atoms with E-state index in [1.54, 1.807) is 13.8 Å². The van der Waals surface area contributed by atoms with Gasteiger partial charge in [0.15, 0.2) is 0 Å². The Morgan fingerprint density at radius 3 is 2.71 bits per heavy atom. The molecule has 1 heterocycles. The summed E-state index contributed by atoms with van der Waals surface area (Å²) in [5.74, 6) is 0.449. The highest BCUT2D eigenvalue weighted by atomic mass is 35.5. The van der Waals surface area contributed by atoms with Gasteiger partial charge in [-0.15, -0.1) is 12.4 Å². The van der Waals surface area contributed by atoms with Crippen LogP contribution in [0.5, 0.6) is 0 Å². The van der Waals surface area contributed by atoms with Gasteiger partial charge in [-0.3, -0.25) is 4.79 Å². The number of hydrogen-bond donors (Lipinski definition) is 2. The van der Waals surface area contributed by atoms with E-state index in [-0.39, 0.29) is 24.4 Å². The first-order valence-electron chi connectivity index (χ1n) is 6.20. The van der Waals surface area contributed by atoms with Crippen LogP contribution in [0.1, 0.15) is 39.5 Å². The Kier molecular flexibility index (Phi) is 4.81. The first kappa shape index (κ1) is 14.7. The second-order valence-electron chi connectivity index (χ2n) is 5.59. The van der Waals surface area contributed by atoms with Gasteiger partial charge in [-0.25, -0.2) is 0 Å². The number of fused-ring (bicyclic) bond motifs is 1. The Balaban J connectivity index is 0.00000144. The van der Waals surface area contributed by atoms with E-state index < -0.39 is 5.54 Å². The summed E-state index contributed by atoms with van der Waals surface area (Å²) in [7, 11) is 0. The van der Waals surface area contributed by atoms with Gasteiger partial charge < -0.3 is 15.8 Å². The number of halogens is 1. The summed E-state index contributed by atoms with van der Waals surface area (Å²) in [6, 6.07) is 0.261. The van der Waals surface area contributed by atoms with Crippen molar-refractivity contribution in [2.45, 2.75) is 57.2 Å². The van der Waals surface area contributed by atoms with E-state index in [1.807, 2.05) is 0 Å². The Hall–Kier alpha value is -0.320. The van der Waals surface area contributed by atoms with Gasteiger partial charge in [-0.05, 0) is 39.5 Å². The minimum absolute atomic E-state index is 0. The molecule has 3 atom stereocenters. The minimum atomic E-state index is -0.785. The second kappa shape index (κ2) is 5.55. The molecule has 4 nitrogen and oxygen atoms in total. The highest BCUT2D eigenvalue weighted by Crippen LogP contribution is 2.34. The van der Waals surface area contributed by atoms with Gasteiger partial charge in [-0.1, -0.05) is 0 Å². The van der Waals surface area contributed by atoms with Crippen LogP contribution in [0.4, 0.5) is 0 Å². The van der Waals surface area contributed by atoms with Crippen molar-refractivity contribution in [1.82, 2.24) is 5.32 Å². The van der Waals surface area contributed by atoms with Gasteiger partial charge in [0.1, 0.15) is 0 Å². The van der Waals surface area contributed by atoms with Gasteiger partial charge >= 0.3 is 0 Å². The van der Waals surface area contributed by atoms with E-state index in [0.29, 0.717) is 12.0 Å². The Morgan fingerprint density at radius 1 is 1.35 bits per heavy atom. The van der Waals surface area contributed by atoms with Crippen molar-refractivity contribution in [3.05, 3.63) is 0 Å². The highest BCUT2D eigenvalue weighted by molar-refractivity contribution is 5.85. The molecule has 0 aromatic rings. The third-order valence-electron chi connectivity index (χ3n) is 3.68. The largest absolute Gasteiger partial charge is 0.378 e. The van der Waals surface area contributed by atoms with Crippen LogP contribution in [-0.2, 0) is 9.53 Å². The number of nitrogens with two attached hydrogens (primary N) is 1. The number of nitrogens with one attached hydrogen (secondary N) is 1. The molecular weight excluding hydrogens is 240 g/mol. The van der Waals surface area contributed by atoms with E-state index >= 15 is 0 Å². The van der Waals surface area contributed by atoms with Crippen LogP contribution in [0, 0.1) is 5.92 Å². The number of carbonyl (C=O) groups excluding carboxylic acids is 1. The lowest BCUT2D eigenvalue weighted by atomic mass is 9.81. The maximum atomic E-state index is 11.8. The predicted octanol–water partition coefficient (Wildman–Crippen LogP) is 1.22. The molecule has 1 aliphatic heterocycles. The third kappa shape index (κ3) is 3.33. The summed E-state index contributed by atoms with van der Waals surface area (Å²) >= 11 is 0. The summed E-state index contributed by atoms with van der Waals surface area (Å²) in [4.78, 5) is 11.8. The van der Waals surface area contributed by atoms with Gasteiger partial charge in [-0.2, -0.15) is 0 Å². The molecular formula is C12H23ClN2O2. The fourth-order valence-electron chi connectivity index (χ4n) is 2.71. The molecule has 5 heteroatoms. The van der Waals surface area contributed by atoms with Crippen LogP contribution in [0.15, 0.2) is 0 Å². The monoisotopic (exact) mass is 262 g/mol. The predicted molar refractivity (Wildman–Crippen MR) is 69.1 cm³/mol. The molecule has 2 aliphatic rings. The molecule has 1 amide bonds. The van der Waals surface area contributed by atoms with Gasteiger partial charge in [0.05, 0.1) is 11.6 Å². The van der Waals surface area contributed by atoms with E-state index in [9.17, 15) is 4.79 Å². The van der Waals surface area contributed by atoms with Crippen LogP contribution >= 0.6 is 12.4 Å². The molecule has 3 N–H and O–H groups in total. The maximum absolute atomic E-state index is 11.8. The van der Waals surface area contributed by atoms with Crippen LogP contribution in [0.2, 0.25) is 0 Å². The van der Waals surface area contributed by atoms with Gasteiger partial charge in [0.2, 0.25) is 5.91 Å². The van der Waals surface area contributed by atoms with Crippen LogP contribution in [0.25, 0.3) is 0 Å². The van der Waals surface area contributed by atoms with E-state index in [1.165, 1.54) is 0 Å². The SMILES string of the molecule is CC(C)(N)C(=O)NC1CCCC2OCCC12.Cl. The highest BCUT2D eigenvalue weighted by Gasteiger charge is 2.39. The van der Waals surface area contributed by atoms with Crippen molar-refractivity contribution in [3.8, 4) is 0 Å². The molecule has 2 fully saturated rings. The van der Waals surface area contributed by atoms with Crippen molar-refractivity contribution in [1.29, 1.82) is 0 Å². The molecule has 100 valence electrons. The van der Waals surface area contributed by atoms with Gasteiger partial charge in [0, 0.05) is 18.6 Å². The summed E-state index contributed by atoms with van der Waals surface area (Å²) in [6.07, 6.45) is 4.77. The summed E-state index contributed by atoms with van der Waals surface area (Å²) in [5.41, 5.74) is 5.00. The van der Waals surface area contributed by atoms with Crippen molar-refractivity contribution < 1.29 is 9.53 Å². The Labute approximate surface area is 109 Å². The molecule has 1 saturated carbocycles. The molecule has 0 bridgehead atoms. The van der Waals surface area contributed by atoms with E-state index in [0.717, 1.165) is 32.3 Å². The number of rotatable bonds is 2. The first-order valence-corrected chi connectivity index (χ1v) is 6.20. The Bertz CT molecular complexity index is 278. The molecule has 2 rings (SSSR count). The molecule has 0 aromatic carbocycles. The maximum Gasteiger partial charge on any atom is 0.239 e. The van der Waals surface area contributed by atoms with E-state index in [2.05, 4.69) is 5.32 Å². The summed E-state index contributed by atoms with van der Waals surface area (Å²) < 4.78 is 5.67. The molecule has 1 saturated heterocycles. The fourth-order valence-corrected chi connectivity index (χ4v) is 2.71. The molecule has 0 aromatic heterocycles. The quantitative estimate of drug-likeness (QED) is 0.787. The lowest BCUT2D eigenvalue weighted by Gasteiger charge is -2.34. The molecule has 1 aliphatic carbocycles. The Morgan fingerprint density at radius 2 is 2.06 bits per heavy atom. The van der Waals surface area contributed by atoms with E-state index in [4.69, 9.17) is 10.5 Å². The number of amides is 1. The second-order valence-corrected chi connectivity index (χ2v) is 5.59. The zero-order chi connectivity index (χ0) is 11.8. The average molecular weight is 263 g/mol. The van der Waals surface area contributed by atoms with Gasteiger partial charge in [0.25, 0.3) is 0 Å². The number of hydrogen-bond acceptors (Lipinski definition) is 3. The van der Waals surface area contributed by atoms with Crippen molar-refractivity contribution in [3.63, 3.8) is 0 Å². The smallest absolute Gasteiger partial charge is 0.239 e. The minimum Gasteiger partial charge on any atom is -0.378 e. The normalized spacial score (nSPS) is 32.5. The summed E-state index contributed by atoms with van der Waals surface area (Å²) in [6.45, 7) is 4.33. The standard InChI is InChI=1S/C12H22N2O2.ClH/c1-12(2,13)11(15)14-9-4-3-5-10-8(9)6-7-16-10;/h8-10H,3-7,13H2,1-2H3,(H,14,15);1H. The third-order valence-corrected chi connectivity index (χ3v) is 3.68. The lowest BCUT2D eigenvalue weighted by molar-refractivity contribution is -0.126. The van der Waals surface area contributed by atoms with Crippen LogP contribution < -0.4 is 11.1 Å². The van der Waals surface area contributed by atoms with Crippen molar-refractivity contribution >= 4 is 18.3 Å². The van der Waals surface area contributed by atoms with Crippen molar-refractivity contribution in [2.75, 3.05) is 6.61 Å². The first-order chi connectivity index (χ1) is 7.48. The number of ether oxygens (including phenoxy) is 1. The van der Waals surface area contributed by atoms with Crippen molar-refractivity contribution in [2.24, 2.45) is 11.7 Å². The number of carbonyl (C=O) groups is 1. The van der Waals surface area contributed by atoms with Crippen LogP contribution in [0.3, 0.4) is 0 Å². The zero-order valence-electron chi connectivity index (χ0n) is 10.6. The molecule has 0 radical (unpaired) electrons. The molecule has 3 unspecified atom stereocenters. The van der Waals surface area contributed by atoms with Crippen LogP contribution in [-0.4, -0.2) is 30.2 Å². The topological polar surface area (TPSA) is 64.4 Å². The fraction of sp³-hybridized carbons (Fsp3) is 0.917. The lowest BCUT2D eigenvalue weighted by Crippen LogP contribution is -2.55. The summed E-state index contributed by atoms with van der Waals surface area (Å²) in [5, 5.41) is 3.09.